The molecule has 2 aromatic heterocycles. The van der Waals surface area contributed by atoms with Gasteiger partial charge in [-0.3, -0.25) is 4.79 Å². The molecule has 3 rings (SSSR count). The second kappa shape index (κ2) is 7.52. The minimum atomic E-state index is -0.707. The lowest BCUT2D eigenvalue weighted by Gasteiger charge is -2.11. The maximum absolute atomic E-state index is 11.6. The topological polar surface area (TPSA) is 142 Å². The molecule has 0 fully saturated rings. The lowest BCUT2D eigenvalue weighted by molar-refractivity contribution is 0.0600. The van der Waals surface area contributed by atoms with Crippen molar-refractivity contribution in [2.75, 3.05) is 14.2 Å². The van der Waals surface area contributed by atoms with Gasteiger partial charge < -0.3 is 19.9 Å². The van der Waals surface area contributed by atoms with E-state index in [1.54, 1.807) is 18.2 Å². The summed E-state index contributed by atoms with van der Waals surface area (Å²) in [5, 5.41) is 10.0. The average molecular weight is 369 g/mol. The van der Waals surface area contributed by atoms with Gasteiger partial charge in [0, 0.05) is 17.8 Å². The Bertz CT molecular complexity index is 1000. The lowest BCUT2D eigenvalue weighted by atomic mass is 10.1. The highest BCUT2D eigenvalue weighted by Gasteiger charge is 2.18. The molecule has 0 aliphatic carbocycles. The van der Waals surface area contributed by atoms with Gasteiger partial charge in [0.25, 0.3) is 5.91 Å². The molecular weight excluding hydrogens is 354 g/mol. The van der Waals surface area contributed by atoms with Crippen LogP contribution in [0.5, 0.6) is 17.4 Å². The zero-order valence-corrected chi connectivity index (χ0v) is 14.4. The maximum atomic E-state index is 11.6. The minimum absolute atomic E-state index is 0.0122. The molecule has 0 unspecified atom stereocenters. The number of primary amides is 1. The van der Waals surface area contributed by atoms with Crippen LogP contribution in [0.4, 0.5) is 0 Å². The molecular formula is C17H15N5O5. The van der Waals surface area contributed by atoms with Crippen molar-refractivity contribution in [2.24, 2.45) is 5.73 Å². The highest BCUT2D eigenvalue weighted by Crippen LogP contribution is 2.35. The summed E-state index contributed by atoms with van der Waals surface area (Å²) in [7, 11) is 2.75. The van der Waals surface area contributed by atoms with Crippen LogP contribution in [-0.2, 0) is 4.74 Å². The van der Waals surface area contributed by atoms with Gasteiger partial charge in [0.1, 0.15) is 5.69 Å². The van der Waals surface area contributed by atoms with Crippen LogP contribution in [0.25, 0.3) is 11.3 Å². The molecule has 3 aromatic rings. The summed E-state index contributed by atoms with van der Waals surface area (Å²) in [6, 6.07) is 7.84. The molecule has 0 aliphatic heterocycles. The number of esters is 1. The predicted molar refractivity (Wildman–Crippen MR) is 92.5 cm³/mol. The Balaban J connectivity index is 1.93. The monoisotopic (exact) mass is 369 g/mol. The van der Waals surface area contributed by atoms with Crippen molar-refractivity contribution >= 4 is 11.9 Å². The Morgan fingerprint density at radius 3 is 2.59 bits per heavy atom. The Hall–Kier alpha value is -3.95. The second-order valence-corrected chi connectivity index (χ2v) is 5.23. The fourth-order valence-electron chi connectivity index (χ4n) is 2.33. The molecule has 0 saturated carbocycles. The van der Waals surface area contributed by atoms with Crippen LogP contribution in [0.1, 0.15) is 20.8 Å². The summed E-state index contributed by atoms with van der Waals surface area (Å²) in [6.07, 6.45) is 1.43. The largest absolute Gasteiger partial charge is 0.493 e. The first-order valence-electron chi connectivity index (χ1n) is 7.64. The van der Waals surface area contributed by atoms with E-state index in [-0.39, 0.29) is 17.3 Å². The molecule has 2 heterocycles. The molecule has 27 heavy (non-hydrogen) atoms. The number of benzene rings is 1. The van der Waals surface area contributed by atoms with E-state index in [0.29, 0.717) is 22.6 Å². The molecule has 0 aliphatic rings. The van der Waals surface area contributed by atoms with Crippen molar-refractivity contribution in [3.63, 3.8) is 0 Å². The van der Waals surface area contributed by atoms with E-state index < -0.39 is 11.9 Å². The van der Waals surface area contributed by atoms with Gasteiger partial charge in [-0.05, 0) is 24.3 Å². The first-order chi connectivity index (χ1) is 13.0. The van der Waals surface area contributed by atoms with E-state index in [2.05, 4.69) is 25.1 Å². The van der Waals surface area contributed by atoms with Crippen LogP contribution in [0.15, 0.2) is 36.5 Å². The van der Waals surface area contributed by atoms with E-state index in [4.69, 9.17) is 15.2 Å². The number of carbonyl (C=O) groups excluding carboxylic acids is 2. The van der Waals surface area contributed by atoms with Crippen LogP contribution in [0, 0.1) is 0 Å². The van der Waals surface area contributed by atoms with Crippen molar-refractivity contribution in [2.45, 2.75) is 0 Å². The summed E-state index contributed by atoms with van der Waals surface area (Å²) in [4.78, 5) is 27.1. The first kappa shape index (κ1) is 17.9. The van der Waals surface area contributed by atoms with Crippen LogP contribution in [-0.4, -0.2) is 46.5 Å². The number of carbonyl (C=O) groups is 2. The van der Waals surface area contributed by atoms with E-state index in [1.165, 1.54) is 32.5 Å². The first-order valence-corrected chi connectivity index (χ1v) is 7.64. The van der Waals surface area contributed by atoms with Crippen molar-refractivity contribution in [3.05, 3.63) is 47.8 Å². The molecule has 0 radical (unpaired) electrons. The number of hydrogen-bond acceptors (Lipinski definition) is 8. The Morgan fingerprint density at radius 1 is 1.07 bits per heavy atom. The van der Waals surface area contributed by atoms with Crippen molar-refractivity contribution < 1.29 is 23.8 Å². The number of pyridine rings is 1. The van der Waals surface area contributed by atoms with Gasteiger partial charge in [0.2, 0.25) is 5.88 Å². The molecule has 1 aromatic carbocycles. The van der Waals surface area contributed by atoms with Crippen LogP contribution in [0.3, 0.4) is 0 Å². The summed E-state index contributed by atoms with van der Waals surface area (Å²) in [5.41, 5.74) is 6.44. The van der Waals surface area contributed by atoms with Gasteiger partial charge in [-0.25, -0.2) is 9.78 Å². The number of methoxy groups -OCH3 is 2. The summed E-state index contributed by atoms with van der Waals surface area (Å²) in [5.74, 6) is -0.323. The van der Waals surface area contributed by atoms with Gasteiger partial charge in [-0.2, -0.15) is 15.4 Å². The predicted octanol–water partition coefficient (Wildman–Crippen LogP) is 1.55. The number of nitrogens with zero attached hydrogens (tertiary/aromatic N) is 3. The van der Waals surface area contributed by atoms with Crippen molar-refractivity contribution in [3.8, 4) is 28.6 Å². The van der Waals surface area contributed by atoms with Gasteiger partial charge in [-0.15, -0.1) is 0 Å². The van der Waals surface area contributed by atoms with Gasteiger partial charge >= 0.3 is 5.97 Å². The zero-order chi connectivity index (χ0) is 19.4. The molecule has 0 bridgehead atoms. The third-order valence-electron chi connectivity index (χ3n) is 3.59. The lowest BCUT2D eigenvalue weighted by Crippen LogP contribution is -2.12. The molecule has 1 amide bonds. The van der Waals surface area contributed by atoms with Crippen molar-refractivity contribution in [1.29, 1.82) is 0 Å². The van der Waals surface area contributed by atoms with Crippen LogP contribution in [0.2, 0.25) is 0 Å². The van der Waals surface area contributed by atoms with Gasteiger partial charge in [-0.1, -0.05) is 0 Å². The van der Waals surface area contributed by atoms with E-state index in [0.717, 1.165) is 0 Å². The summed E-state index contributed by atoms with van der Waals surface area (Å²) >= 11 is 0. The molecule has 3 N–H and O–H groups in total. The highest BCUT2D eigenvalue weighted by molar-refractivity contribution is 5.96. The van der Waals surface area contributed by atoms with Crippen molar-refractivity contribution in [1.82, 2.24) is 20.4 Å². The number of H-pyrrole nitrogens is 1. The molecule has 0 spiro atoms. The fourth-order valence-corrected chi connectivity index (χ4v) is 2.33. The quantitative estimate of drug-likeness (QED) is 0.623. The number of ether oxygens (including phenoxy) is 3. The van der Waals surface area contributed by atoms with Crippen LogP contribution < -0.4 is 15.2 Å². The number of amides is 1. The Morgan fingerprint density at radius 2 is 1.89 bits per heavy atom. The number of aromatic amines is 1. The summed E-state index contributed by atoms with van der Waals surface area (Å²) < 4.78 is 15.7. The number of nitrogens with two attached hydrogens (primary N) is 1. The average Bonchev–Trinajstić information content (AvgIpc) is 3.18. The highest BCUT2D eigenvalue weighted by atomic mass is 16.5. The third kappa shape index (κ3) is 3.68. The minimum Gasteiger partial charge on any atom is -0.493 e. The fraction of sp³-hybridized carbons (Fsp3) is 0.118. The Kier molecular flexibility index (Phi) is 4.97. The number of nitrogens with one attached hydrogen (secondary N) is 1. The van der Waals surface area contributed by atoms with E-state index in [1.807, 2.05) is 0 Å². The molecule has 10 heteroatoms. The van der Waals surface area contributed by atoms with E-state index in [9.17, 15) is 9.59 Å². The molecule has 0 atom stereocenters. The number of rotatable bonds is 6. The Labute approximate surface area is 153 Å². The molecule has 10 nitrogen and oxygen atoms in total. The molecule has 0 saturated heterocycles. The number of aromatic nitrogens is 4. The van der Waals surface area contributed by atoms with Gasteiger partial charge in [0.15, 0.2) is 17.2 Å². The normalized spacial score (nSPS) is 10.3. The van der Waals surface area contributed by atoms with Gasteiger partial charge in [0.05, 0.1) is 19.8 Å². The SMILES string of the molecule is COC(=O)c1ccnc(Oc2ccc(-c3n[nH]nc3C(N)=O)cc2OC)c1. The second-order valence-electron chi connectivity index (χ2n) is 5.23. The standard InChI is InChI=1S/C17H15N5O5/c1-25-12-7-9(14-15(16(18)23)21-22-20-14)3-4-11(12)27-13-8-10(5-6-19-13)17(24)26-2/h3-8H,1-2H3,(H2,18,23)(H,20,21,22). The molecule has 138 valence electrons. The third-order valence-corrected chi connectivity index (χ3v) is 3.59. The number of hydrogen-bond donors (Lipinski definition) is 2. The van der Waals surface area contributed by atoms with E-state index >= 15 is 0 Å². The zero-order valence-electron chi connectivity index (χ0n) is 14.4. The smallest absolute Gasteiger partial charge is 0.338 e. The maximum Gasteiger partial charge on any atom is 0.338 e. The van der Waals surface area contributed by atoms with Crippen LogP contribution >= 0.6 is 0 Å². The summed E-state index contributed by atoms with van der Waals surface area (Å²) in [6.45, 7) is 0.